The van der Waals surface area contributed by atoms with Crippen molar-refractivity contribution in [2.24, 2.45) is 0 Å². The molecule has 1 heterocycles. The van der Waals surface area contributed by atoms with Gasteiger partial charge in [-0.2, -0.15) is 0 Å². The van der Waals surface area contributed by atoms with E-state index in [4.69, 9.17) is 0 Å². The monoisotopic (exact) mass is 296 g/mol. The Morgan fingerprint density at radius 1 is 1.33 bits per heavy atom. The highest BCUT2D eigenvalue weighted by Gasteiger charge is 2.43. The lowest BCUT2D eigenvalue weighted by molar-refractivity contribution is -0.00000249. The molecular formula is C10H18IP. The second-order valence-corrected chi connectivity index (χ2v) is 9.05. The third-order valence-electron chi connectivity index (χ3n) is 3.29. The van der Waals surface area contributed by atoms with Gasteiger partial charge < -0.3 is 24.0 Å². The molecule has 1 aliphatic carbocycles. The van der Waals surface area contributed by atoms with Gasteiger partial charge in [-0.25, -0.2) is 0 Å². The second kappa shape index (κ2) is 3.96. The van der Waals surface area contributed by atoms with Crippen LogP contribution in [0.5, 0.6) is 0 Å². The van der Waals surface area contributed by atoms with Crippen LogP contribution in [0, 0.1) is 0 Å². The van der Waals surface area contributed by atoms with Crippen molar-refractivity contribution < 1.29 is 24.0 Å². The summed E-state index contributed by atoms with van der Waals surface area (Å²) in [7, 11) is -0.517. The van der Waals surface area contributed by atoms with Crippen LogP contribution in [-0.2, 0) is 0 Å². The number of fused-ring (bicyclic) bond motifs is 1. The van der Waals surface area contributed by atoms with Crippen molar-refractivity contribution in [3.8, 4) is 0 Å². The average Bonchev–Trinajstić information content (AvgIpc) is 2.29. The van der Waals surface area contributed by atoms with Crippen LogP contribution in [0.1, 0.15) is 25.7 Å². The minimum absolute atomic E-state index is 0. The van der Waals surface area contributed by atoms with E-state index in [1.807, 2.05) is 5.57 Å². The van der Waals surface area contributed by atoms with E-state index in [-0.39, 0.29) is 24.0 Å². The molecule has 0 nitrogen and oxygen atoms in total. The molecule has 0 aromatic rings. The fourth-order valence-electron chi connectivity index (χ4n) is 2.54. The first-order valence-electron chi connectivity index (χ1n) is 4.72. The molecule has 70 valence electrons. The lowest BCUT2D eigenvalue weighted by Gasteiger charge is -2.26. The first-order chi connectivity index (χ1) is 5.20. The molecule has 12 heavy (non-hydrogen) atoms. The summed E-state index contributed by atoms with van der Waals surface area (Å²) < 4.78 is 0. The quantitative estimate of drug-likeness (QED) is 0.339. The zero-order valence-corrected chi connectivity index (χ0v) is 11.1. The van der Waals surface area contributed by atoms with Crippen molar-refractivity contribution in [1.82, 2.24) is 0 Å². The Hall–Kier alpha value is 0.900. The van der Waals surface area contributed by atoms with Crippen LogP contribution >= 0.6 is 7.26 Å². The molecule has 1 aliphatic heterocycles. The van der Waals surface area contributed by atoms with Crippen molar-refractivity contribution in [2.75, 3.05) is 19.5 Å². The highest BCUT2D eigenvalue weighted by molar-refractivity contribution is 7.75. The summed E-state index contributed by atoms with van der Waals surface area (Å²) in [5.41, 5.74) is 2.88. The molecule has 2 heteroatoms. The zero-order chi connectivity index (χ0) is 7.90. The Balaban J connectivity index is 0.000000720. The summed E-state index contributed by atoms with van der Waals surface area (Å²) >= 11 is 0. The highest BCUT2D eigenvalue weighted by atomic mass is 127. The minimum Gasteiger partial charge on any atom is -1.00 e. The third kappa shape index (κ3) is 1.87. The molecule has 0 aromatic carbocycles. The van der Waals surface area contributed by atoms with Gasteiger partial charge in [0.1, 0.15) is 0 Å². The highest BCUT2D eigenvalue weighted by Crippen LogP contribution is 2.65. The second-order valence-electron chi connectivity index (χ2n) is 4.50. The third-order valence-corrected chi connectivity index (χ3v) is 6.69. The van der Waals surface area contributed by atoms with Crippen molar-refractivity contribution in [1.29, 1.82) is 0 Å². The molecule has 1 fully saturated rings. The van der Waals surface area contributed by atoms with Crippen molar-refractivity contribution in [3.05, 3.63) is 11.6 Å². The maximum atomic E-state index is 2.55. The van der Waals surface area contributed by atoms with Crippen molar-refractivity contribution in [2.45, 2.75) is 31.3 Å². The maximum absolute atomic E-state index is 2.55. The molecular weight excluding hydrogens is 278 g/mol. The Bertz CT molecular complexity index is 196. The van der Waals surface area contributed by atoms with Crippen LogP contribution in [0.2, 0.25) is 0 Å². The molecule has 1 saturated carbocycles. The number of allylic oxidation sites excluding steroid dienone is 2. The fraction of sp³-hybridized carbons (Fsp3) is 0.800. The Morgan fingerprint density at radius 3 is 2.75 bits per heavy atom. The predicted molar refractivity (Wildman–Crippen MR) is 54.0 cm³/mol. The molecule has 0 N–H and O–H groups in total. The molecule has 0 bridgehead atoms. The molecule has 0 saturated heterocycles. The Morgan fingerprint density at radius 2 is 2.08 bits per heavy atom. The van der Waals surface area contributed by atoms with Gasteiger partial charge >= 0.3 is 0 Å². The van der Waals surface area contributed by atoms with Gasteiger partial charge in [-0.15, -0.1) is 0 Å². The molecule has 0 spiro atoms. The van der Waals surface area contributed by atoms with E-state index in [2.05, 4.69) is 19.4 Å². The van der Waals surface area contributed by atoms with E-state index >= 15 is 0 Å². The SMILES string of the molecule is C[P+]1(C)CC=C2CCCCC21.[I-]. The van der Waals surface area contributed by atoms with Crippen LogP contribution in [-0.4, -0.2) is 25.2 Å². The van der Waals surface area contributed by atoms with Gasteiger partial charge in [0.2, 0.25) is 0 Å². The summed E-state index contributed by atoms with van der Waals surface area (Å²) in [6.07, 6.45) is 9.87. The largest absolute Gasteiger partial charge is 1.00 e. The van der Waals surface area contributed by atoms with Crippen LogP contribution in [0.15, 0.2) is 11.6 Å². The van der Waals surface area contributed by atoms with Gasteiger partial charge in [0.05, 0.1) is 11.8 Å². The fourth-order valence-corrected chi connectivity index (χ4v) is 5.51. The molecule has 0 aromatic heterocycles. The van der Waals surface area contributed by atoms with Gasteiger partial charge in [0.25, 0.3) is 0 Å². The number of hydrogen-bond donors (Lipinski definition) is 0. The maximum Gasteiger partial charge on any atom is 0.0904 e. The van der Waals surface area contributed by atoms with Gasteiger partial charge in [-0.1, -0.05) is 0 Å². The molecule has 0 amide bonds. The minimum atomic E-state index is -0.517. The standard InChI is InChI=1S/C10H18P.HI/c1-11(2)8-7-9-5-3-4-6-10(9)11;/h7,10H,3-6,8H2,1-2H3;1H/q+1;/p-1. The molecule has 1 unspecified atom stereocenters. The average molecular weight is 296 g/mol. The summed E-state index contributed by atoms with van der Waals surface area (Å²) in [6.45, 7) is 5.07. The van der Waals surface area contributed by atoms with Crippen LogP contribution in [0.4, 0.5) is 0 Å². The van der Waals surface area contributed by atoms with E-state index in [0.29, 0.717) is 0 Å². The first kappa shape index (κ1) is 11.0. The predicted octanol–water partition coefficient (Wildman–Crippen LogP) is 0.150. The summed E-state index contributed by atoms with van der Waals surface area (Å²) in [4.78, 5) is 0. The molecule has 1 atom stereocenters. The Kier molecular flexibility index (Phi) is 3.62. The van der Waals surface area contributed by atoms with E-state index < -0.39 is 7.26 Å². The summed E-state index contributed by atoms with van der Waals surface area (Å²) in [5, 5.41) is 0. The van der Waals surface area contributed by atoms with Crippen LogP contribution in [0.25, 0.3) is 0 Å². The number of halogens is 1. The summed E-state index contributed by atoms with van der Waals surface area (Å²) in [6, 6.07) is 0. The van der Waals surface area contributed by atoms with Gasteiger partial charge in [-0.3, -0.25) is 0 Å². The summed E-state index contributed by atoms with van der Waals surface area (Å²) in [5.74, 6) is 0. The lowest BCUT2D eigenvalue weighted by Crippen LogP contribution is -3.00. The van der Waals surface area contributed by atoms with Gasteiger partial charge in [0.15, 0.2) is 0 Å². The molecule has 2 rings (SSSR count). The van der Waals surface area contributed by atoms with E-state index in [9.17, 15) is 0 Å². The van der Waals surface area contributed by atoms with Crippen molar-refractivity contribution >= 4 is 7.26 Å². The normalized spacial score (nSPS) is 31.8. The molecule has 0 radical (unpaired) electrons. The number of hydrogen-bond acceptors (Lipinski definition) is 0. The smallest absolute Gasteiger partial charge is 0.0904 e. The van der Waals surface area contributed by atoms with Crippen LogP contribution < -0.4 is 24.0 Å². The van der Waals surface area contributed by atoms with E-state index in [1.54, 1.807) is 0 Å². The van der Waals surface area contributed by atoms with Crippen molar-refractivity contribution in [3.63, 3.8) is 0 Å². The topological polar surface area (TPSA) is 0 Å². The van der Waals surface area contributed by atoms with E-state index in [1.165, 1.54) is 31.8 Å². The van der Waals surface area contributed by atoms with Gasteiger partial charge in [0, 0.05) is 20.6 Å². The Labute approximate surface area is 93.6 Å². The number of rotatable bonds is 0. The first-order valence-corrected chi connectivity index (χ1v) is 7.65. The molecule has 2 aliphatic rings. The van der Waals surface area contributed by atoms with Gasteiger partial charge in [-0.05, 0) is 37.3 Å². The lowest BCUT2D eigenvalue weighted by atomic mass is 9.95. The van der Waals surface area contributed by atoms with E-state index in [0.717, 1.165) is 5.66 Å². The zero-order valence-electron chi connectivity index (χ0n) is 8.02. The van der Waals surface area contributed by atoms with Crippen LogP contribution in [0.3, 0.4) is 0 Å².